The van der Waals surface area contributed by atoms with Crippen molar-refractivity contribution in [3.8, 4) is 11.3 Å². The SMILES string of the molecule is CC(=O)c1ccc(NC(=S)Nc2cccc(SCC(=O)Nc3nc(-c4ccccc4Cl)cs3)c2)cc1. The highest BCUT2D eigenvalue weighted by molar-refractivity contribution is 8.00. The topological polar surface area (TPSA) is 83.1 Å². The largest absolute Gasteiger partial charge is 0.332 e. The van der Waals surface area contributed by atoms with Crippen LogP contribution in [0.5, 0.6) is 0 Å². The Morgan fingerprint density at radius 1 is 0.972 bits per heavy atom. The van der Waals surface area contributed by atoms with Crippen LogP contribution in [0.4, 0.5) is 16.5 Å². The summed E-state index contributed by atoms with van der Waals surface area (Å²) in [5, 5.41) is 12.5. The van der Waals surface area contributed by atoms with Crippen molar-refractivity contribution in [2.24, 2.45) is 0 Å². The lowest BCUT2D eigenvalue weighted by atomic mass is 10.1. The average Bonchev–Trinajstić information content (AvgIpc) is 3.31. The van der Waals surface area contributed by atoms with Crippen LogP contribution in [0.2, 0.25) is 5.02 Å². The Hall–Kier alpha value is -3.24. The van der Waals surface area contributed by atoms with Gasteiger partial charge in [0.1, 0.15) is 0 Å². The van der Waals surface area contributed by atoms with E-state index in [0.29, 0.717) is 20.8 Å². The Morgan fingerprint density at radius 3 is 2.47 bits per heavy atom. The Balaban J connectivity index is 1.28. The number of thiocarbonyl (C=S) groups is 1. The van der Waals surface area contributed by atoms with E-state index in [-0.39, 0.29) is 17.4 Å². The summed E-state index contributed by atoms with van der Waals surface area (Å²) in [4.78, 5) is 29.3. The van der Waals surface area contributed by atoms with E-state index in [0.717, 1.165) is 27.5 Å². The predicted molar refractivity (Wildman–Crippen MR) is 155 cm³/mol. The lowest BCUT2D eigenvalue weighted by Crippen LogP contribution is -2.19. The Morgan fingerprint density at radius 2 is 1.72 bits per heavy atom. The maximum Gasteiger partial charge on any atom is 0.236 e. The molecule has 182 valence electrons. The summed E-state index contributed by atoms with van der Waals surface area (Å²) in [6, 6.07) is 22.2. The zero-order valence-electron chi connectivity index (χ0n) is 19.1. The van der Waals surface area contributed by atoms with Crippen molar-refractivity contribution in [1.82, 2.24) is 4.98 Å². The molecule has 0 saturated carbocycles. The van der Waals surface area contributed by atoms with Gasteiger partial charge < -0.3 is 16.0 Å². The van der Waals surface area contributed by atoms with Crippen molar-refractivity contribution in [3.63, 3.8) is 0 Å². The van der Waals surface area contributed by atoms with Crippen molar-refractivity contribution in [3.05, 3.63) is 88.8 Å². The molecule has 0 radical (unpaired) electrons. The molecule has 0 aliphatic rings. The zero-order valence-corrected chi connectivity index (χ0v) is 22.3. The third kappa shape index (κ3) is 7.14. The van der Waals surface area contributed by atoms with Crippen LogP contribution in [0, 0.1) is 0 Å². The average molecular weight is 553 g/mol. The maximum atomic E-state index is 12.5. The number of carbonyl (C=O) groups excluding carboxylic acids is 2. The fourth-order valence-electron chi connectivity index (χ4n) is 3.17. The number of anilines is 3. The first-order chi connectivity index (χ1) is 17.4. The normalized spacial score (nSPS) is 10.5. The minimum Gasteiger partial charge on any atom is -0.332 e. The van der Waals surface area contributed by atoms with E-state index >= 15 is 0 Å². The molecular weight excluding hydrogens is 532 g/mol. The molecule has 10 heteroatoms. The standard InChI is InChI=1S/C26H21ClN4O2S3/c1-16(32)17-9-11-18(12-10-17)28-25(34)29-19-5-4-6-20(13-19)35-15-24(33)31-26-30-23(14-36-26)21-7-2-3-8-22(21)27/h2-14H,15H2,1H3,(H2,28,29,34)(H,30,31,33). The van der Waals surface area contributed by atoms with E-state index < -0.39 is 0 Å². The van der Waals surface area contributed by atoms with Crippen LogP contribution in [0.25, 0.3) is 11.3 Å². The Bertz CT molecular complexity index is 1410. The van der Waals surface area contributed by atoms with Crippen molar-refractivity contribution >= 4 is 80.2 Å². The van der Waals surface area contributed by atoms with Gasteiger partial charge in [-0.2, -0.15) is 0 Å². The van der Waals surface area contributed by atoms with Gasteiger partial charge in [0, 0.05) is 37.8 Å². The van der Waals surface area contributed by atoms with Gasteiger partial charge in [-0.15, -0.1) is 23.1 Å². The zero-order chi connectivity index (χ0) is 25.5. The monoisotopic (exact) mass is 552 g/mol. The number of nitrogens with zero attached hydrogens (tertiary/aromatic N) is 1. The number of halogens is 1. The van der Waals surface area contributed by atoms with Crippen molar-refractivity contribution < 1.29 is 9.59 Å². The highest BCUT2D eigenvalue weighted by Crippen LogP contribution is 2.30. The quantitative estimate of drug-likeness (QED) is 0.121. The van der Waals surface area contributed by atoms with E-state index in [1.807, 2.05) is 53.9 Å². The lowest BCUT2D eigenvalue weighted by molar-refractivity contribution is -0.113. The van der Waals surface area contributed by atoms with Gasteiger partial charge in [0.15, 0.2) is 16.0 Å². The van der Waals surface area contributed by atoms with Crippen molar-refractivity contribution in [1.29, 1.82) is 0 Å². The molecule has 0 aliphatic heterocycles. The van der Waals surface area contributed by atoms with Gasteiger partial charge in [-0.25, -0.2) is 4.98 Å². The number of amides is 1. The molecule has 36 heavy (non-hydrogen) atoms. The summed E-state index contributed by atoms with van der Waals surface area (Å²) in [6.45, 7) is 1.53. The fourth-order valence-corrected chi connectivity index (χ4v) is 5.12. The molecule has 3 aromatic carbocycles. The van der Waals surface area contributed by atoms with E-state index in [2.05, 4.69) is 20.9 Å². The number of thiazole rings is 1. The number of ketones is 1. The number of nitrogens with one attached hydrogen (secondary N) is 3. The molecule has 0 fully saturated rings. The number of aromatic nitrogens is 1. The van der Waals surface area contributed by atoms with Gasteiger partial charge in [0.2, 0.25) is 5.91 Å². The number of rotatable bonds is 8. The fraction of sp³-hybridized carbons (Fsp3) is 0.0769. The summed E-state index contributed by atoms with van der Waals surface area (Å²) in [5.74, 6) is 0.0960. The minimum atomic E-state index is -0.149. The van der Waals surface area contributed by atoms with Crippen LogP contribution in [-0.2, 0) is 4.79 Å². The Kier molecular flexibility index (Phi) is 8.71. The summed E-state index contributed by atoms with van der Waals surface area (Å²) in [5.41, 5.74) is 3.77. The molecule has 6 nitrogen and oxygen atoms in total. The Labute approximate surface area is 227 Å². The first kappa shape index (κ1) is 25.8. The number of hydrogen-bond donors (Lipinski definition) is 3. The molecule has 0 unspecified atom stereocenters. The number of hydrogen-bond acceptors (Lipinski definition) is 6. The third-order valence-corrected chi connectivity index (χ3v) is 7.20. The molecular formula is C26H21ClN4O2S3. The number of carbonyl (C=O) groups is 2. The molecule has 0 bridgehead atoms. The molecule has 3 N–H and O–H groups in total. The smallest absolute Gasteiger partial charge is 0.236 e. The molecule has 0 atom stereocenters. The highest BCUT2D eigenvalue weighted by Gasteiger charge is 2.11. The van der Waals surface area contributed by atoms with Crippen LogP contribution in [0.1, 0.15) is 17.3 Å². The van der Waals surface area contributed by atoms with Crippen LogP contribution >= 0.6 is 46.9 Å². The molecule has 0 spiro atoms. The highest BCUT2D eigenvalue weighted by atomic mass is 35.5. The first-order valence-corrected chi connectivity index (χ1v) is 13.4. The van der Waals surface area contributed by atoms with Crippen LogP contribution in [-0.4, -0.2) is 27.5 Å². The summed E-state index contributed by atoms with van der Waals surface area (Å²) >= 11 is 14.4. The van der Waals surface area contributed by atoms with Crippen LogP contribution < -0.4 is 16.0 Å². The number of benzene rings is 3. The molecule has 4 aromatic rings. The molecule has 0 aliphatic carbocycles. The minimum absolute atomic E-state index is 0.0127. The van der Waals surface area contributed by atoms with E-state index in [1.165, 1.54) is 30.0 Å². The van der Waals surface area contributed by atoms with Crippen LogP contribution in [0.3, 0.4) is 0 Å². The molecule has 1 heterocycles. The van der Waals surface area contributed by atoms with Gasteiger partial charge in [-0.1, -0.05) is 35.9 Å². The second-order valence-corrected chi connectivity index (χ2v) is 10.3. The maximum absolute atomic E-state index is 12.5. The van der Waals surface area contributed by atoms with E-state index in [1.54, 1.807) is 24.3 Å². The molecule has 1 aromatic heterocycles. The summed E-state index contributed by atoms with van der Waals surface area (Å²) < 4.78 is 0. The first-order valence-electron chi connectivity index (χ1n) is 10.8. The molecule has 4 rings (SSSR count). The van der Waals surface area contributed by atoms with Gasteiger partial charge in [-0.05, 0) is 67.7 Å². The second-order valence-electron chi connectivity index (χ2n) is 7.60. The van der Waals surface area contributed by atoms with Crippen molar-refractivity contribution in [2.45, 2.75) is 11.8 Å². The predicted octanol–water partition coefficient (Wildman–Crippen LogP) is 7.21. The molecule has 1 amide bonds. The van der Waals surface area contributed by atoms with Gasteiger partial charge in [0.25, 0.3) is 0 Å². The van der Waals surface area contributed by atoms with Gasteiger partial charge in [-0.3, -0.25) is 9.59 Å². The number of Topliss-reactive ketones (excluding diaryl/α,β-unsaturated/α-hetero) is 1. The third-order valence-electron chi connectivity index (χ3n) is 4.91. The van der Waals surface area contributed by atoms with Gasteiger partial charge in [0.05, 0.1) is 11.4 Å². The summed E-state index contributed by atoms with van der Waals surface area (Å²) in [6.07, 6.45) is 0. The molecule has 0 saturated heterocycles. The van der Waals surface area contributed by atoms with Gasteiger partial charge >= 0.3 is 0 Å². The summed E-state index contributed by atoms with van der Waals surface area (Å²) in [7, 11) is 0. The van der Waals surface area contributed by atoms with E-state index in [4.69, 9.17) is 23.8 Å². The van der Waals surface area contributed by atoms with Crippen LogP contribution in [0.15, 0.2) is 83.1 Å². The van der Waals surface area contributed by atoms with E-state index in [9.17, 15) is 9.59 Å². The van der Waals surface area contributed by atoms with Crippen molar-refractivity contribution in [2.75, 3.05) is 21.7 Å². The lowest BCUT2D eigenvalue weighted by Gasteiger charge is -2.12. The second kappa shape index (κ2) is 12.1. The number of thioether (sulfide) groups is 1.